The zero-order chi connectivity index (χ0) is 12.0. The van der Waals surface area contributed by atoms with E-state index in [1.807, 2.05) is 13.8 Å². The van der Waals surface area contributed by atoms with Gasteiger partial charge in [-0.05, 0) is 26.7 Å². The molecule has 0 aromatic rings. The van der Waals surface area contributed by atoms with Gasteiger partial charge < -0.3 is 20.3 Å². The van der Waals surface area contributed by atoms with Crippen molar-refractivity contribution >= 4 is 0 Å². The number of β-amino-alcohol motifs (C(OH)–C–C–N with tert-alkyl or cyclic N) is 1. The van der Waals surface area contributed by atoms with Crippen LogP contribution in [0.25, 0.3) is 0 Å². The van der Waals surface area contributed by atoms with E-state index < -0.39 is 6.10 Å². The molecule has 3 N–H and O–H groups in total. The fourth-order valence-corrected chi connectivity index (χ4v) is 2.14. The Morgan fingerprint density at radius 2 is 1.94 bits per heavy atom. The summed E-state index contributed by atoms with van der Waals surface area (Å²) < 4.78 is 5.33. The van der Waals surface area contributed by atoms with Crippen LogP contribution >= 0.6 is 0 Å². The van der Waals surface area contributed by atoms with Crippen LogP contribution in [0.5, 0.6) is 0 Å². The fraction of sp³-hybridized carbons (Fsp3) is 1.00. The highest BCUT2D eigenvalue weighted by Crippen LogP contribution is 2.28. The van der Waals surface area contributed by atoms with E-state index in [-0.39, 0.29) is 18.2 Å². The summed E-state index contributed by atoms with van der Waals surface area (Å²) in [6.45, 7) is 4.91. The Labute approximate surface area is 98.0 Å². The van der Waals surface area contributed by atoms with Crippen molar-refractivity contribution in [2.45, 2.75) is 57.3 Å². The summed E-state index contributed by atoms with van der Waals surface area (Å²) in [6, 6.07) is 0. The first-order valence-electron chi connectivity index (χ1n) is 6.23. The van der Waals surface area contributed by atoms with Gasteiger partial charge in [0.05, 0.1) is 25.4 Å². The second kappa shape index (κ2) is 6.55. The molecule has 0 aromatic carbocycles. The lowest BCUT2D eigenvalue weighted by atomic mass is 9.99. The van der Waals surface area contributed by atoms with Gasteiger partial charge in [-0.3, -0.25) is 0 Å². The summed E-state index contributed by atoms with van der Waals surface area (Å²) in [5, 5.41) is 22.4. The monoisotopic (exact) mass is 231 g/mol. The van der Waals surface area contributed by atoms with Crippen molar-refractivity contribution in [2.24, 2.45) is 0 Å². The highest BCUT2D eigenvalue weighted by atomic mass is 16.5. The molecule has 1 rings (SSSR count). The van der Waals surface area contributed by atoms with Crippen molar-refractivity contribution in [2.75, 3.05) is 19.8 Å². The van der Waals surface area contributed by atoms with Crippen LogP contribution in [0, 0.1) is 0 Å². The molecule has 1 aliphatic rings. The molecule has 0 heterocycles. The first kappa shape index (κ1) is 13.9. The topological polar surface area (TPSA) is 61.7 Å². The van der Waals surface area contributed by atoms with Gasteiger partial charge in [-0.25, -0.2) is 0 Å². The summed E-state index contributed by atoms with van der Waals surface area (Å²) >= 11 is 0. The SMILES string of the molecule is CC(C)OCC(O)CNC1(CO)CCCC1. The Bertz CT molecular complexity index is 191. The van der Waals surface area contributed by atoms with Crippen molar-refractivity contribution in [3.8, 4) is 0 Å². The van der Waals surface area contributed by atoms with Crippen LogP contribution in [0.2, 0.25) is 0 Å². The average Bonchev–Trinajstić information content (AvgIpc) is 2.73. The van der Waals surface area contributed by atoms with Gasteiger partial charge >= 0.3 is 0 Å². The van der Waals surface area contributed by atoms with Gasteiger partial charge in [0.25, 0.3) is 0 Å². The van der Waals surface area contributed by atoms with E-state index in [0.717, 1.165) is 25.7 Å². The first-order valence-corrected chi connectivity index (χ1v) is 6.23. The maximum absolute atomic E-state index is 9.70. The van der Waals surface area contributed by atoms with Crippen LogP contribution in [-0.2, 0) is 4.74 Å². The van der Waals surface area contributed by atoms with Crippen molar-refractivity contribution < 1.29 is 14.9 Å². The van der Waals surface area contributed by atoms with Gasteiger partial charge in [-0.1, -0.05) is 12.8 Å². The Hall–Kier alpha value is -0.160. The van der Waals surface area contributed by atoms with Crippen molar-refractivity contribution in [1.29, 1.82) is 0 Å². The van der Waals surface area contributed by atoms with E-state index in [2.05, 4.69) is 5.32 Å². The molecule has 1 saturated carbocycles. The van der Waals surface area contributed by atoms with Crippen molar-refractivity contribution in [1.82, 2.24) is 5.32 Å². The van der Waals surface area contributed by atoms with Crippen molar-refractivity contribution in [3.05, 3.63) is 0 Å². The minimum atomic E-state index is -0.494. The Morgan fingerprint density at radius 1 is 1.31 bits per heavy atom. The predicted molar refractivity (Wildman–Crippen MR) is 63.4 cm³/mol. The third kappa shape index (κ3) is 4.37. The molecule has 0 spiro atoms. The zero-order valence-electron chi connectivity index (χ0n) is 10.4. The number of aliphatic hydroxyl groups excluding tert-OH is 2. The molecular weight excluding hydrogens is 206 g/mol. The van der Waals surface area contributed by atoms with Crippen LogP contribution in [0.1, 0.15) is 39.5 Å². The van der Waals surface area contributed by atoms with Crippen LogP contribution in [0.15, 0.2) is 0 Å². The second-order valence-electron chi connectivity index (χ2n) is 5.06. The highest BCUT2D eigenvalue weighted by Gasteiger charge is 2.32. The van der Waals surface area contributed by atoms with Crippen LogP contribution in [0.3, 0.4) is 0 Å². The van der Waals surface area contributed by atoms with Gasteiger partial charge in [0.15, 0.2) is 0 Å². The summed E-state index contributed by atoms with van der Waals surface area (Å²) in [7, 11) is 0. The van der Waals surface area contributed by atoms with E-state index in [4.69, 9.17) is 4.74 Å². The third-order valence-electron chi connectivity index (χ3n) is 3.20. The van der Waals surface area contributed by atoms with E-state index in [0.29, 0.717) is 13.2 Å². The minimum Gasteiger partial charge on any atom is -0.394 e. The number of nitrogens with one attached hydrogen (secondary N) is 1. The Balaban J connectivity index is 2.21. The highest BCUT2D eigenvalue weighted by molar-refractivity contribution is 4.92. The summed E-state index contributed by atoms with van der Waals surface area (Å²) in [6.07, 6.45) is 3.97. The summed E-state index contributed by atoms with van der Waals surface area (Å²) in [5.74, 6) is 0. The molecular formula is C12H25NO3. The van der Waals surface area contributed by atoms with Gasteiger partial charge in [-0.2, -0.15) is 0 Å². The standard InChI is InChI=1S/C12H25NO3/c1-10(2)16-8-11(15)7-13-12(9-14)5-3-4-6-12/h10-11,13-15H,3-9H2,1-2H3. The molecule has 4 nitrogen and oxygen atoms in total. The quantitative estimate of drug-likeness (QED) is 0.602. The van der Waals surface area contributed by atoms with E-state index in [1.54, 1.807) is 0 Å². The number of aliphatic hydroxyl groups is 2. The summed E-state index contributed by atoms with van der Waals surface area (Å²) in [5.41, 5.74) is -0.154. The normalized spacial score (nSPS) is 21.6. The molecule has 1 aliphatic carbocycles. The largest absolute Gasteiger partial charge is 0.394 e. The lowest BCUT2D eigenvalue weighted by Gasteiger charge is -2.29. The molecule has 0 bridgehead atoms. The fourth-order valence-electron chi connectivity index (χ4n) is 2.14. The van der Waals surface area contributed by atoms with E-state index in [1.165, 1.54) is 0 Å². The lowest BCUT2D eigenvalue weighted by Crippen LogP contribution is -2.49. The van der Waals surface area contributed by atoms with E-state index in [9.17, 15) is 10.2 Å². The summed E-state index contributed by atoms with van der Waals surface area (Å²) in [4.78, 5) is 0. The smallest absolute Gasteiger partial charge is 0.0898 e. The molecule has 0 aromatic heterocycles. The van der Waals surface area contributed by atoms with Gasteiger partial charge in [0, 0.05) is 12.1 Å². The molecule has 16 heavy (non-hydrogen) atoms. The van der Waals surface area contributed by atoms with E-state index >= 15 is 0 Å². The van der Waals surface area contributed by atoms with Gasteiger partial charge in [-0.15, -0.1) is 0 Å². The molecule has 0 amide bonds. The molecule has 1 atom stereocenters. The van der Waals surface area contributed by atoms with Crippen LogP contribution in [-0.4, -0.2) is 47.7 Å². The molecule has 1 fully saturated rings. The van der Waals surface area contributed by atoms with Crippen LogP contribution in [0.4, 0.5) is 0 Å². The van der Waals surface area contributed by atoms with Gasteiger partial charge in [0.1, 0.15) is 0 Å². The molecule has 0 aliphatic heterocycles. The molecule has 0 saturated heterocycles. The number of hydrogen-bond donors (Lipinski definition) is 3. The average molecular weight is 231 g/mol. The molecule has 0 radical (unpaired) electrons. The predicted octanol–water partition coefficient (Wildman–Crippen LogP) is 0.667. The van der Waals surface area contributed by atoms with Crippen molar-refractivity contribution in [3.63, 3.8) is 0 Å². The maximum atomic E-state index is 9.70. The molecule has 1 unspecified atom stereocenters. The molecule has 96 valence electrons. The zero-order valence-corrected chi connectivity index (χ0v) is 10.4. The minimum absolute atomic E-state index is 0.146. The molecule has 4 heteroatoms. The van der Waals surface area contributed by atoms with Crippen LogP contribution < -0.4 is 5.32 Å². The number of hydrogen-bond acceptors (Lipinski definition) is 4. The Kier molecular flexibility index (Phi) is 5.69. The number of rotatable bonds is 7. The third-order valence-corrected chi connectivity index (χ3v) is 3.20. The lowest BCUT2D eigenvalue weighted by molar-refractivity contribution is 0.00159. The first-order chi connectivity index (χ1) is 7.58. The number of ether oxygens (including phenoxy) is 1. The maximum Gasteiger partial charge on any atom is 0.0898 e. The second-order valence-corrected chi connectivity index (χ2v) is 5.06. The Morgan fingerprint density at radius 3 is 2.44 bits per heavy atom. The van der Waals surface area contributed by atoms with Gasteiger partial charge in [0.2, 0.25) is 0 Å².